The molecule has 0 saturated carbocycles. The van der Waals surface area contributed by atoms with Gasteiger partial charge in [-0.2, -0.15) is 13.8 Å². The van der Waals surface area contributed by atoms with Crippen molar-refractivity contribution >= 4 is 23.1 Å². The first-order chi connectivity index (χ1) is 2.41. The zero-order valence-corrected chi connectivity index (χ0v) is 7.28. The molecule has 1 N–H and O–H groups in total. The molecule has 0 rings (SSSR count). The van der Waals surface area contributed by atoms with Crippen molar-refractivity contribution in [1.82, 2.24) is 0 Å². The smallest absolute Gasteiger partial charge is 1.00 e. The standard InChI is InChI=1S/C3H7.CH4O.ClH.Mg/c1-3-2;1-2;;/h3H,1-2H3;2H,1H3;1H;/q-1;;;+2/p-1. The van der Waals surface area contributed by atoms with E-state index in [1.807, 2.05) is 20.3 Å². The Hall–Kier alpha value is 1.02. The number of halogens is 1. The normalized spacial score (nSPS) is 3.43. The van der Waals surface area contributed by atoms with Crippen molar-refractivity contribution in [3.63, 3.8) is 0 Å². The fourth-order valence-corrected chi connectivity index (χ4v) is 0. The molecule has 0 atom stereocenters. The number of aliphatic hydroxyl groups excluding tert-OH is 1. The molecule has 0 aromatic heterocycles. The molecule has 7 heavy (non-hydrogen) atoms. The molecule has 42 valence electrons. The van der Waals surface area contributed by atoms with Gasteiger partial charge in [0.1, 0.15) is 0 Å². The van der Waals surface area contributed by atoms with Gasteiger partial charge in [-0.1, -0.05) is 0 Å². The van der Waals surface area contributed by atoms with Gasteiger partial charge in [0.05, 0.1) is 0 Å². The molecule has 0 fully saturated rings. The summed E-state index contributed by atoms with van der Waals surface area (Å²) in [7, 11) is 1.00. The molecule has 0 aliphatic carbocycles. The summed E-state index contributed by atoms with van der Waals surface area (Å²) in [6, 6.07) is 0. The molecule has 0 heterocycles. The zero-order chi connectivity index (χ0) is 4.71. The van der Waals surface area contributed by atoms with E-state index in [-0.39, 0.29) is 35.5 Å². The second-order valence-corrected chi connectivity index (χ2v) is 0.577. The van der Waals surface area contributed by atoms with Crippen LogP contribution in [0.3, 0.4) is 0 Å². The van der Waals surface area contributed by atoms with E-state index >= 15 is 0 Å². The van der Waals surface area contributed by atoms with Crippen LogP contribution < -0.4 is 12.4 Å². The maximum Gasteiger partial charge on any atom is 2.00 e. The Kier molecular flexibility index (Phi) is 218. The van der Waals surface area contributed by atoms with E-state index in [1.165, 1.54) is 0 Å². The fourth-order valence-electron chi connectivity index (χ4n) is 0. The third kappa shape index (κ3) is 171. The summed E-state index contributed by atoms with van der Waals surface area (Å²) in [4.78, 5) is 0. The van der Waals surface area contributed by atoms with Crippen LogP contribution in [0.15, 0.2) is 0 Å². The average molecular weight is 135 g/mol. The van der Waals surface area contributed by atoms with Gasteiger partial charge in [-0.15, -0.1) is 0 Å². The summed E-state index contributed by atoms with van der Waals surface area (Å²) < 4.78 is 0. The SMILES string of the molecule is CO.C[CH-]C.[Cl-].[Mg+2]. The van der Waals surface area contributed by atoms with Crippen molar-refractivity contribution in [3.8, 4) is 0 Å². The van der Waals surface area contributed by atoms with E-state index < -0.39 is 0 Å². The van der Waals surface area contributed by atoms with E-state index in [0.717, 1.165) is 7.11 Å². The summed E-state index contributed by atoms with van der Waals surface area (Å²) in [6.45, 7) is 4.00. The number of hydrogen-bond acceptors (Lipinski definition) is 1. The summed E-state index contributed by atoms with van der Waals surface area (Å²) in [6.07, 6.45) is 2.00. The first kappa shape index (κ1) is 24.5. The van der Waals surface area contributed by atoms with Gasteiger partial charge in [-0.25, -0.2) is 0 Å². The van der Waals surface area contributed by atoms with Crippen molar-refractivity contribution in [2.45, 2.75) is 13.8 Å². The minimum atomic E-state index is 0. The second-order valence-electron chi connectivity index (χ2n) is 0.577. The van der Waals surface area contributed by atoms with Crippen LogP contribution in [0.2, 0.25) is 0 Å². The Bertz CT molecular complexity index is 11.7. The van der Waals surface area contributed by atoms with E-state index in [4.69, 9.17) is 5.11 Å². The average Bonchev–Trinajstić information content (AvgIpc) is 1.46. The molecule has 0 radical (unpaired) electrons. The van der Waals surface area contributed by atoms with Crippen LogP contribution in [0, 0.1) is 6.42 Å². The molecule has 1 nitrogen and oxygen atoms in total. The maximum atomic E-state index is 7.00. The van der Waals surface area contributed by atoms with Gasteiger partial charge < -0.3 is 23.9 Å². The van der Waals surface area contributed by atoms with Crippen LogP contribution in [0.25, 0.3) is 0 Å². The van der Waals surface area contributed by atoms with Gasteiger partial charge in [0, 0.05) is 7.11 Å². The van der Waals surface area contributed by atoms with Gasteiger partial charge in [0.15, 0.2) is 0 Å². The quantitative estimate of drug-likeness (QED) is 0.286. The first-order valence-corrected chi connectivity index (χ1v) is 1.60. The molecular formula is C4H11ClMgO. The Morgan fingerprint density at radius 3 is 1.14 bits per heavy atom. The fraction of sp³-hybridized carbons (Fsp3) is 0.750. The molecule has 0 aromatic carbocycles. The molecule has 0 aliphatic heterocycles. The van der Waals surface area contributed by atoms with Gasteiger partial charge in [-0.05, 0) is 0 Å². The topological polar surface area (TPSA) is 20.2 Å². The van der Waals surface area contributed by atoms with Crippen molar-refractivity contribution in [2.75, 3.05) is 7.11 Å². The third-order valence-electron chi connectivity index (χ3n) is 0. The summed E-state index contributed by atoms with van der Waals surface area (Å²) in [5, 5.41) is 7.00. The van der Waals surface area contributed by atoms with Crippen LogP contribution >= 0.6 is 0 Å². The summed E-state index contributed by atoms with van der Waals surface area (Å²) >= 11 is 0. The minimum absolute atomic E-state index is 0. The molecule has 0 aliphatic rings. The molecule has 0 amide bonds. The molecule has 0 saturated heterocycles. The number of hydrogen-bond donors (Lipinski definition) is 1. The van der Waals surface area contributed by atoms with Crippen LogP contribution in [0.5, 0.6) is 0 Å². The van der Waals surface area contributed by atoms with E-state index in [0.29, 0.717) is 0 Å². The van der Waals surface area contributed by atoms with Crippen molar-refractivity contribution < 1.29 is 17.5 Å². The molecule has 0 aromatic rings. The molecule has 0 bridgehead atoms. The van der Waals surface area contributed by atoms with Crippen LogP contribution in [0.1, 0.15) is 13.8 Å². The van der Waals surface area contributed by atoms with Crippen LogP contribution in [-0.4, -0.2) is 35.3 Å². The Labute approximate surface area is 68.1 Å². The molecule has 3 heteroatoms. The van der Waals surface area contributed by atoms with Crippen molar-refractivity contribution in [1.29, 1.82) is 0 Å². The Morgan fingerprint density at radius 1 is 1.14 bits per heavy atom. The Balaban J connectivity index is -0.0000000105. The monoisotopic (exact) mass is 134 g/mol. The molecule has 0 unspecified atom stereocenters. The maximum absolute atomic E-state index is 7.00. The summed E-state index contributed by atoms with van der Waals surface area (Å²) in [5.74, 6) is 0. The van der Waals surface area contributed by atoms with Crippen molar-refractivity contribution in [2.24, 2.45) is 0 Å². The predicted molar refractivity (Wildman–Crippen MR) is 29.5 cm³/mol. The van der Waals surface area contributed by atoms with Gasteiger partial charge in [-0.3, -0.25) is 0 Å². The van der Waals surface area contributed by atoms with E-state index in [2.05, 4.69) is 0 Å². The van der Waals surface area contributed by atoms with Crippen molar-refractivity contribution in [3.05, 3.63) is 6.42 Å². The molecule has 0 spiro atoms. The minimum Gasteiger partial charge on any atom is -1.00 e. The van der Waals surface area contributed by atoms with Gasteiger partial charge in [0.2, 0.25) is 0 Å². The zero-order valence-electron chi connectivity index (χ0n) is 5.11. The van der Waals surface area contributed by atoms with Crippen LogP contribution in [-0.2, 0) is 0 Å². The first-order valence-electron chi connectivity index (χ1n) is 1.60. The Morgan fingerprint density at radius 2 is 1.14 bits per heavy atom. The van der Waals surface area contributed by atoms with Gasteiger partial charge in [0.25, 0.3) is 0 Å². The number of aliphatic hydroxyl groups is 1. The van der Waals surface area contributed by atoms with Gasteiger partial charge >= 0.3 is 23.1 Å². The largest absolute Gasteiger partial charge is 2.00 e. The van der Waals surface area contributed by atoms with E-state index in [9.17, 15) is 0 Å². The van der Waals surface area contributed by atoms with E-state index in [1.54, 1.807) is 0 Å². The number of rotatable bonds is 0. The molecular weight excluding hydrogens is 124 g/mol. The summed E-state index contributed by atoms with van der Waals surface area (Å²) in [5.41, 5.74) is 0. The van der Waals surface area contributed by atoms with Crippen LogP contribution in [0.4, 0.5) is 0 Å². The predicted octanol–water partition coefficient (Wildman–Crippen LogP) is -2.54. The third-order valence-corrected chi connectivity index (χ3v) is 0. The second kappa shape index (κ2) is 62.5.